The van der Waals surface area contributed by atoms with Gasteiger partial charge < -0.3 is 0 Å². The van der Waals surface area contributed by atoms with Crippen molar-refractivity contribution in [2.24, 2.45) is 13.0 Å². The van der Waals surface area contributed by atoms with Gasteiger partial charge in [0.15, 0.2) is 5.82 Å². The van der Waals surface area contributed by atoms with Crippen molar-refractivity contribution < 1.29 is 14.3 Å². The Kier molecular flexibility index (Phi) is 5.95. The van der Waals surface area contributed by atoms with Crippen LogP contribution in [0.3, 0.4) is 0 Å². The van der Waals surface area contributed by atoms with Gasteiger partial charge in [-0.1, -0.05) is 24.4 Å². The van der Waals surface area contributed by atoms with Crippen molar-refractivity contribution in [3.63, 3.8) is 0 Å². The molecular weight excluding hydrogens is 513 g/mol. The third-order valence-corrected chi connectivity index (χ3v) is 7.03. The molecule has 5 aromatic rings. The van der Waals surface area contributed by atoms with Crippen molar-refractivity contribution in [2.45, 2.75) is 25.3 Å². The first-order chi connectivity index (χ1) is 18.4. The Balaban J connectivity index is 1.40. The molecule has 1 saturated carbocycles. The number of hydrogen-bond acceptors (Lipinski definition) is 7. The molecule has 1 N–H and O–H groups in total. The van der Waals surface area contributed by atoms with Crippen molar-refractivity contribution in [3.05, 3.63) is 88.3 Å². The maximum absolute atomic E-state index is 15.2. The fourth-order valence-corrected chi connectivity index (χ4v) is 4.67. The van der Waals surface area contributed by atoms with Crippen LogP contribution in [-0.2, 0) is 7.05 Å². The van der Waals surface area contributed by atoms with Crippen LogP contribution in [0.5, 0.6) is 0 Å². The van der Waals surface area contributed by atoms with Crippen LogP contribution in [0.25, 0.3) is 27.9 Å². The summed E-state index contributed by atoms with van der Waals surface area (Å²) >= 11 is 6.09. The molecule has 4 heterocycles. The first kappa shape index (κ1) is 23.9. The Labute approximate surface area is 220 Å². The maximum Gasteiger partial charge on any atom is 0.267 e. The number of rotatable bonds is 7. The summed E-state index contributed by atoms with van der Waals surface area (Å²) < 4.78 is 20.6. The standard InChI is InChI=1S/C25H22ClFN9O2/c1-33-23(37)9-17(10-29-33)18-11-30-34(12-18)22(8-15-2-3-15)20-6-4-16(13-36(20)38)24-21(35-14-28-31-32-35)7-5-19(26)25(24)27/h4-7,9-15,22,38H,2-3,8H2,1H3/q+1. The Bertz CT molecular complexity index is 1700. The average Bonchev–Trinajstić information content (AvgIpc) is 3.34. The Morgan fingerprint density at radius 2 is 1.97 bits per heavy atom. The lowest BCUT2D eigenvalue weighted by Crippen LogP contribution is -2.38. The number of halogens is 2. The molecule has 0 radical (unpaired) electrons. The minimum atomic E-state index is -0.652. The van der Waals surface area contributed by atoms with Gasteiger partial charge in [0.2, 0.25) is 6.20 Å². The fraction of sp³-hybridized carbons (Fsp3) is 0.240. The highest BCUT2D eigenvalue weighted by molar-refractivity contribution is 6.31. The molecule has 1 fully saturated rings. The molecule has 1 unspecified atom stereocenters. The van der Waals surface area contributed by atoms with Crippen LogP contribution in [0.1, 0.15) is 31.0 Å². The highest BCUT2D eigenvalue weighted by atomic mass is 35.5. The largest absolute Gasteiger partial charge is 0.285 e. The number of hydrogen-bond donors (Lipinski definition) is 1. The molecule has 0 spiro atoms. The predicted octanol–water partition coefficient (Wildman–Crippen LogP) is 2.99. The van der Waals surface area contributed by atoms with Gasteiger partial charge in [-0.05, 0) is 41.0 Å². The molecule has 4 aromatic heterocycles. The van der Waals surface area contributed by atoms with Gasteiger partial charge in [0.25, 0.3) is 11.3 Å². The topological polar surface area (TPSA) is 120 Å². The molecule has 0 aliphatic heterocycles. The van der Waals surface area contributed by atoms with Gasteiger partial charge in [0.05, 0.1) is 34.2 Å². The van der Waals surface area contributed by atoms with Crippen LogP contribution in [0.15, 0.2) is 66.2 Å². The third kappa shape index (κ3) is 4.43. The zero-order chi connectivity index (χ0) is 26.4. The van der Waals surface area contributed by atoms with E-state index in [-0.39, 0.29) is 22.2 Å². The van der Waals surface area contributed by atoms with Gasteiger partial charge >= 0.3 is 0 Å². The molecule has 0 amide bonds. The predicted molar refractivity (Wildman–Crippen MR) is 133 cm³/mol. The lowest BCUT2D eigenvalue weighted by atomic mass is 10.0. The van der Waals surface area contributed by atoms with Crippen molar-refractivity contribution in [2.75, 3.05) is 0 Å². The summed E-state index contributed by atoms with van der Waals surface area (Å²) in [5.74, 6) is -0.143. The van der Waals surface area contributed by atoms with E-state index in [1.54, 1.807) is 42.3 Å². The molecule has 192 valence electrons. The highest BCUT2D eigenvalue weighted by Crippen LogP contribution is 2.39. The zero-order valence-corrected chi connectivity index (χ0v) is 20.9. The van der Waals surface area contributed by atoms with E-state index in [1.165, 1.54) is 34.0 Å². The molecule has 0 saturated heterocycles. The SMILES string of the molecule is Cn1ncc(-c2cnn(C(CC3CC3)c3ccc(-c4c(-n5cnnn5)ccc(Cl)c4F)c[n+]3O)c2)cc1=O. The summed E-state index contributed by atoms with van der Waals surface area (Å²) in [7, 11) is 1.59. The lowest BCUT2D eigenvalue weighted by molar-refractivity contribution is -0.910. The minimum absolute atomic E-state index is 0.0636. The third-order valence-electron chi connectivity index (χ3n) is 6.73. The van der Waals surface area contributed by atoms with Gasteiger partial charge in [0.1, 0.15) is 12.4 Å². The quantitative estimate of drug-likeness (QED) is 0.252. The molecule has 38 heavy (non-hydrogen) atoms. The summed E-state index contributed by atoms with van der Waals surface area (Å²) in [6, 6.07) is 7.72. The number of benzene rings is 1. The van der Waals surface area contributed by atoms with Gasteiger partial charge in [-0.15, -0.1) is 5.10 Å². The Morgan fingerprint density at radius 1 is 1.16 bits per heavy atom. The van der Waals surface area contributed by atoms with Crippen LogP contribution >= 0.6 is 11.6 Å². The molecule has 1 aromatic carbocycles. The van der Waals surface area contributed by atoms with E-state index in [1.807, 2.05) is 6.20 Å². The second kappa shape index (κ2) is 9.45. The monoisotopic (exact) mass is 534 g/mol. The molecule has 13 heteroatoms. The van der Waals surface area contributed by atoms with E-state index in [4.69, 9.17) is 11.6 Å². The van der Waals surface area contributed by atoms with Gasteiger partial charge in [-0.3, -0.25) is 14.7 Å². The molecular formula is C25H22ClFN9O2+. The first-order valence-corrected chi connectivity index (χ1v) is 12.3. The minimum Gasteiger partial charge on any atom is -0.285 e. The van der Waals surface area contributed by atoms with Crippen LogP contribution in [0.4, 0.5) is 4.39 Å². The number of pyridine rings is 1. The number of tetrazole rings is 1. The first-order valence-electron chi connectivity index (χ1n) is 11.9. The Hall–Kier alpha value is -4.45. The van der Waals surface area contributed by atoms with Crippen molar-refractivity contribution in [1.29, 1.82) is 0 Å². The zero-order valence-electron chi connectivity index (χ0n) is 20.2. The summed E-state index contributed by atoms with van der Waals surface area (Å²) in [6.07, 6.45) is 10.9. The van der Waals surface area contributed by atoms with Crippen molar-refractivity contribution in [3.8, 4) is 27.9 Å². The highest BCUT2D eigenvalue weighted by Gasteiger charge is 2.34. The lowest BCUT2D eigenvalue weighted by Gasteiger charge is -2.15. The molecule has 1 aliphatic rings. The van der Waals surface area contributed by atoms with Crippen molar-refractivity contribution >= 4 is 11.6 Å². The number of aromatic nitrogens is 9. The van der Waals surface area contributed by atoms with E-state index in [0.717, 1.165) is 29.6 Å². The number of nitrogens with zero attached hydrogens (tertiary/aromatic N) is 9. The van der Waals surface area contributed by atoms with Crippen LogP contribution in [0, 0.1) is 11.7 Å². The summed E-state index contributed by atoms with van der Waals surface area (Å²) in [4.78, 5) is 12.1. The molecule has 1 aliphatic carbocycles. The van der Waals surface area contributed by atoms with E-state index in [2.05, 4.69) is 25.7 Å². The van der Waals surface area contributed by atoms with Gasteiger partial charge in [-0.25, -0.2) is 9.07 Å². The van der Waals surface area contributed by atoms with Gasteiger partial charge in [0, 0.05) is 41.2 Å². The van der Waals surface area contributed by atoms with Crippen molar-refractivity contribution in [1.82, 2.24) is 39.8 Å². The van der Waals surface area contributed by atoms with Crippen LogP contribution in [-0.4, -0.2) is 45.0 Å². The number of aryl methyl sites for hydroxylation is 1. The molecule has 1 atom stereocenters. The molecule has 0 bridgehead atoms. The van der Waals surface area contributed by atoms with Crippen LogP contribution < -0.4 is 10.3 Å². The molecule has 6 rings (SSSR count). The van der Waals surface area contributed by atoms with E-state index in [9.17, 15) is 10.0 Å². The Morgan fingerprint density at radius 3 is 2.68 bits per heavy atom. The van der Waals surface area contributed by atoms with Crippen LogP contribution in [0.2, 0.25) is 5.02 Å². The normalized spacial score (nSPS) is 14.1. The average molecular weight is 535 g/mol. The summed E-state index contributed by atoms with van der Waals surface area (Å²) in [5, 5.41) is 30.8. The smallest absolute Gasteiger partial charge is 0.267 e. The molecule has 11 nitrogen and oxygen atoms in total. The van der Waals surface area contributed by atoms with Gasteiger partial charge in [-0.2, -0.15) is 14.9 Å². The fourth-order valence-electron chi connectivity index (χ4n) is 4.51. The second-order valence-electron chi connectivity index (χ2n) is 9.31. The van der Waals surface area contributed by atoms with E-state index < -0.39 is 5.82 Å². The maximum atomic E-state index is 15.2. The second-order valence-corrected chi connectivity index (χ2v) is 9.71. The summed E-state index contributed by atoms with van der Waals surface area (Å²) in [5.41, 5.74) is 2.66. The van der Waals surface area contributed by atoms with E-state index in [0.29, 0.717) is 28.4 Å². The summed E-state index contributed by atoms with van der Waals surface area (Å²) in [6.45, 7) is 0. The van der Waals surface area contributed by atoms with E-state index >= 15 is 4.39 Å².